The standard InChI is InChI=1S/C12H18N2O3S2/c1-9(2)11-10(8-15)18-12(13-11)14-4-3-6-19(16,17)7-5-14/h8-9H,3-7H2,1-2H3. The summed E-state index contributed by atoms with van der Waals surface area (Å²) in [6.07, 6.45) is 1.46. The molecule has 0 saturated carbocycles. The van der Waals surface area contributed by atoms with Crippen molar-refractivity contribution in [1.29, 1.82) is 0 Å². The lowest BCUT2D eigenvalue weighted by Crippen LogP contribution is -2.26. The molecule has 1 saturated heterocycles. The van der Waals surface area contributed by atoms with E-state index in [0.717, 1.165) is 17.1 Å². The summed E-state index contributed by atoms with van der Waals surface area (Å²) < 4.78 is 23.2. The first kappa shape index (κ1) is 14.5. The Hall–Kier alpha value is -0.950. The van der Waals surface area contributed by atoms with Crippen molar-refractivity contribution in [3.63, 3.8) is 0 Å². The van der Waals surface area contributed by atoms with Gasteiger partial charge in [-0.05, 0) is 12.3 Å². The fraction of sp³-hybridized carbons (Fsp3) is 0.667. The topological polar surface area (TPSA) is 67.3 Å². The number of carbonyl (C=O) groups is 1. The van der Waals surface area contributed by atoms with Crippen molar-refractivity contribution < 1.29 is 13.2 Å². The van der Waals surface area contributed by atoms with Gasteiger partial charge in [-0.1, -0.05) is 25.2 Å². The summed E-state index contributed by atoms with van der Waals surface area (Å²) in [6, 6.07) is 0. The van der Waals surface area contributed by atoms with Crippen LogP contribution in [-0.2, 0) is 9.84 Å². The molecule has 7 heteroatoms. The van der Waals surface area contributed by atoms with Gasteiger partial charge in [0.1, 0.15) is 0 Å². The van der Waals surface area contributed by atoms with E-state index >= 15 is 0 Å². The smallest absolute Gasteiger partial charge is 0.186 e. The Bertz CT molecular complexity index is 564. The zero-order chi connectivity index (χ0) is 14.0. The summed E-state index contributed by atoms with van der Waals surface area (Å²) in [5.41, 5.74) is 0.808. The molecule has 1 aromatic heterocycles. The fourth-order valence-electron chi connectivity index (χ4n) is 2.09. The molecule has 1 aliphatic rings. The van der Waals surface area contributed by atoms with Crippen LogP contribution in [0.5, 0.6) is 0 Å². The maximum absolute atomic E-state index is 11.6. The monoisotopic (exact) mass is 302 g/mol. The molecule has 1 aliphatic heterocycles. The van der Waals surface area contributed by atoms with Crippen LogP contribution in [-0.4, -0.2) is 44.3 Å². The average molecular weight is 302 g/mol. The third-order valence-electron chi connectivity index (χ3n) is 3.15. The van der Waals surface area contributed by atoms with E-state index in [9.17, 15) is 13.2 Å². The highest BCUT2D eigenvalue weighted by molar-refractivity contribution is 7.91. The Morgan fingerprint density at radius 2 is 2.05 bits per heavy atom. The van der Waals surface area contributed by atoms with Gasteiger partial charge in [0.15, 0.2) is 21.3 Å². The first-order chi connectivity index (χ1) is 8.93. The third-order valence-corrected chi connectivity index (χ3v) is 5.92. The molecule has 0 spiro atoms. The van der Waals surface area contributed by atoms with Gasteiger partial charge in [-0.2, -0.15) is 0 Å². The van der Waals surface area contributed by atoms with Crippen LogP contribution in [0.25, 0.3) is 0 Å². The molecule has 2 rings (SSSR count). The van der Waals surface area contributed by atoms with Crippen LogP contribution in [0.2, 0.25) is 0 Å². The molecule has 0 atom stereocenters. The zero-order valence-electron chi connectivity index (χ0n) is 11.1. The van der Waals surface area contributed by atoms with Gasteiger partial charge in [0.05, 0.1) is 22.1 Å². The van der Waals surface area contributed by atoms with Crippen molar-refractivity contribution >= 4 is 32.6 Å². The van der Waals surface area contributed by atoms with E-state index in [-0.39, 0.29) is 17.4 Å². The second kappa shape index (κ2) is 5.58. The number of hydrogen-bond acceptors (Lipinski definition) is 6. The summed E-state index contributed by atoms with van der Waals surface area (Å²) in [4.78, 5) is 18.2. The van der Waals surface area contributed by atoms with E-state index in [1.165, 1.54) is 11.3 Å². The SMILES string of the molecule is CC(C)c1nc(N2CCCS(=O)(=O)CC2)sc1C=O. The quantitative estimate of drug-likeness (QED) is 0.795. The van der Waals surface area contributed by atoms with E-state index in [0.29, 0.717) is 24.4 Å². The summed E-state index contributed by atoms with van der Waals surface area (Å²) in [5.74, 6) is 0.604. The van der Waals surface area contributed by atoms with Crippen molar-refractivity contribution in [3.8, 4) is 0 Å². The predicted octanol–water partition coefficient (Wildman–Crippen LogP) is 1.70. The first-order valence-electron chi connectivity index (χ1n) is 6.34. The highest BCUT2D eigenvalue weighted by Gasteiger charge is 2.23. The molecule has 106 valence electrons. The molecule has 0 aliphatic carbocycles. The number of thiazole rings is 1. The second-order valence-electron chi connectivity index (χ2n) is 5.01. The van der Waals surface area contributed by atoms with Gasteiger partial charge in [0, 0.05) is 13.1 Å². The Morgan fingerprint density at radius 3 is 2.63 bits per heavy atom. The largest absolute Gasteiger partial charge is 0.347 e. The number of carbonyl (C=O) groups excluding carboxylic acids is 1. The minimum Gasteiger partial charge on any atom is -0.347 e. The van der Waals surface area contributed by atoms with Crippen LogP contribution in [0.15, 0.2) is 0 Å². The van der Waals surface area contributed by atoms with E-state index in [1.807, 2.05) is 18.7 Å². The molecule has 1 aromatic rings. The lowest BCUT2D eigenvalue weighted by atomic mass is 10.1. The highest BCUT2D eigenvalue weighted by Crippen LogP contribution is 2.30. The average Bonchev–Trinajstić information content (AvgIpc) is 2.69. The normalized spacial score (nSPS) is 19.4. The minimum atomic E-state index is -2.92. The Balaban J connectivity index is 2.24. The molecule has 0 N–H and O–H groups in total. The number of nitrogens with zero attached hydrogens (tertiary/aromatic N) is 2. The molecule has 2 heterocycles. The van der Waals surface area contributed by atoms with Gasteiger partial charge in [0.2, 0.25) is 0 Å². The predicted molar refractivity (Wildman–Crippen MR) is 77.1 cm³/mol. The van der Waals surface area contributed by atoms with Crippen LogP contribution in [0.4, 0.5) is 5.13 Å². The molecule has 0 radical (unpaired) electrons. The third kappa shape index (κ3) is 3.33. The summed E-state index contributed by atoms with van der Waals surface area (Å²) in [5, 5.41) is 0.767. The number of anilines is 1. The molecular formula is C12H18N2O3S2. The van der Waals surface area contributed by atoms with Gasteiger partial charge >= 0.3 is 0 Å². The summed E-state index contributed by atoms with van der Waals surface area (Å²) in [7, 11) is -2.92. The van der Waals surface area contributed by atoms with E-state index in [1.54, 1.807) is 0 Å². The Labute approximate surface area is 117 Å². The Kier molecular flexibility index (Phi) is 4.25. The van der Waals surface area contributed by atoms with E-state index in [2.05, 4.69) is 4.98 Å². The summed E-state index contributed by atoms with van der Waals surface area (Å²) in [6.45, 7) is 5.14. The lowest BCUT2D eigenvalue weighted by Gasteiger charge is -2.18. The van der Waals surface area contributed by atoms with Gasteiger partial charge < -0.3 is 4.90 Å². The first-order valence-corrected chi connectivity index (χ1v) is 8.98. The molecule has 0 aromatic carbocycles. The minimum absolute atomic E-state index is 0.167. The van der Waals surface area contributed by atoms with Crippen LogP contribution in [0.3, 0.4) is 0 Å². The molecule has 0 amide bonds. The van der Waals surface area contributed by atoms with E-state index in [4.69, 9.17) is 0 Å². The maximum Gasteiger partial charge on any atom is 0.186 e. The second-order valence-corrected chi connectivity index (χ2v) is 8.32. The zero-order valence-corrected chi connectivity index (χ0v) is 12.8. The van der Waals surface area contributed by atoms with Crippen molar-refractivity contribution in [3.05, 3.63) is 10.6 Å². The molecule has 5 nitrogen and oxygen atoms in total. The van der Waals surface area contributed by atoms with Crippen molar-refractivity contribution in [2.45, 2.75) is 26.2 Å². The van der Waals surface area contributed by atoms with Gasteiger partial charge in [-0.15, -0.1) is 0 Å². The highest BCUT2D eigenvalue weighted by atomic mass is 32.2. The van der Waals surface area contributed by atoms with Crippen molar-refractivity contribution in [1.82, 2.24) is 4.98 Å². The maximum atomic E-state index is 11.6. The molecule has 0 unspecified atom stereocenters. The van der Waals surface area contributed by atoms with Crippen LogP contribution >= 0.6 is 11.3 Å². The Morgan fingerprint density at radius 1 is 1.32 bits per heavy atom. The van der Waals surface area contributed by atoms with Crippen LogP contribution in [0, 0.1) is 0 Å². The van der Waals surface area contributed by atoms with Crippen LogP contribution < -0.4 is 4.90 Å². The van der Waals surface area contributed by atoms with Gasteiger partial charge in [-0.25, -0.2) is 13.4 Å². The van der Waals surface area contributed by atoms with Crippen LogP contribution in [0.1, 0.15) is 41.6 Å². The van der Waals surface area contributed by atoms with Crippen molar-refractivity contribution in [2.75, 3.05) is 29.5 Å². The fourth-order valence-corrected chi connectivity index (χ4v) is 4.45. The number of sulfone groups is 1. The van der Waals surface area contributed by atoms with Gasteiger partial charge in [-0.3, -0.25) is 4.79 Å². The number of aromatic nitrogens is 1. The number of rotatable bonds is 3. The lowest BCUT2D eigenvalue weighted by molar-refractivity contribution is 0.112. The molecule has 1 fully saturated rings. The van der Waals surface area contributed by atoms with Crippen molar-refractivity contribution in [2.24, 2.45) is 0 Å². The number of hydrogen-bond donors (Lipinski definition) is 0. The van der Waals surface area contributed by atoms with Gasteiger partial charge in [0.25, 0.3) is 0 Å². The molecule has 0 bridgehead atoms. The molecular weight excluding hydrogens is 284 g/mol. The van der Waals surface area contributed by atoms with E-state index < -0.39 is 9.84 Å². The summed E-state index contributed by atoms with van der Waals surface area (Å²) >= 11 is 1.36. The number of aldehydes is 1. The molecule has 19 heavy (non-hydrogen) atoms.